The molecule has 2 heterocycles. The fourth-order valence-corrected chi connectivity index (χ4v) is 3.15. The average Bonchev–Trinajstić information content (AvgIpc) is 2.65. The van der Waals surface area contributed by atoms with Gasteiger partial charge in [-0.05, 0) is 20.3 Å². The summed E-state index contributed by atoms with van der Waals surface area (Å²) in [5.41, 5.74) is -1.18. The standard InChI is InChI=1S/C13H21F3N2O2.ClH/c1-12(2)10(13(14,15)16)3-5-18(12)11(19)7-9-8-17-4-6-20-9;/h9-10,17H,3-8H2,1-2H3;1H. The second-order valence-corrected chi connectivity index (χ2v) is 5.98. The first-order valence-electron chi connectivity index (χ1n) is 6.92. The zero-order chi connectivity index (χ0) is 15.0. The first-order valence-corrected chi connectivity index (χ1v) is 6.92. The van der Waals surface area contributed by atoms with E-state index in [2.05, 4.69) is 5.32 Å². The maximum absolute atomic E-state index is 13.0. The van der Waals surface area contributed by atoms with Gasteiger partial charge in [0.25, 0.3) is 0 Å². The summed E-state index contributed by atoms with van der Waals surface area (Å²) in [6.45, 7) is 5.01. The molecule has 0 spiro atoms. The number of alkyl halides is 3. The number of amides is 1. The molecular formula is C13H22ClF3N2O2. The van der Waals surface area contributed by atoms with Crippen molar-refractivity contribution in [3.8, 4) is 0 Å². The van der Waals surface area contributed by atoms with Gasteiger partial charge < -0.3 is 15.0 Å². The Labute approximate surface area is 128 Å². The molecule has 0 aromatic carbocycles. The Morgan fingerprint density at radius 1 is 1.43 bits per heavy atom. The lowest BCUT2D eigenvalue weighted by Crippen LogP contribution is -2.51. The summed E-state index contributed by atoms with van der Waals surface area (Å²) < 4.78 is 44.4. The number of likely N-dealkylation sites (tertiary alicyclic amines) is 1. The minimum Gasteiger partial charge on any atom is -0.375 e. The summed E-state index contributed by atoms with van der Waals surface area (Å²) >= 11 is 0. The predicted molar refractivity (Wildman–Crippen MR) is 74.4 cm³/mol. The highest BCUT2D eigenvalue weighted by Gasteiger charge is 2.56. The number of ether oxygens (including phenoxy) is 1. The molecule has 0 saturated carbocycles. The van der Waals surface area contributed by atoms with Crippen LogP contribution in [0.2, 0.25) is 0 Å². The maximum Gasteiger partial charge on any atom is 0.394 e. The Morgan fingerprint density at radius 2 is 2.10 bits per heavy atom. The van der Waals surface area contributed by atoms with Crippen molar-refractivity contribution < 1.29 is 22.7 Å². The van der Waals surface area contributed by atoms with Crippen molar-refractivity contribution in [2.24, 2.45) is 5.92 Å². The minimum absolute atomic E-state index is 0. The molecule has 1 amide bonds. The van der Waals surface area contributed by atoms with Crippen molar-refractivity contribution in [2.45, 2.75) is 44.5 Å². The van der Waals surface area contributed by atoms with E-state index in [1.54, 1.807) is 0 Å². The third-order valence-corrected chi connectivity index (χ3v) is 4.29. The molecule has 124 valence electrons. The van der Waals surface area contributed by atoms with E-state index in [1.165, 1.54) is 18.7 Å². The van der Waals surface area contributed by atoms with Gasteiger partial charge in [0.05, 0.1) is 25.0 Å². The van der Waals surface area contributed by atoms with Gasteiger partial charge in [0, 0.05) is 25.2 Å². The SMILES string of the molecule is CC1(C)C(C(F)(F)F)CCN1C(=O)CC1CNCCO1.Cl. The molecule has 0 aliphatic carbocycles. The molecule has 2 aliphatic rings. The Balaban J connectivity index is 0.00000220. The van der Waals surface area contributed by atoms with Gasteiger partial charge in [-0.3, -0.25) is 4.79 Å². The van der Waals surface area contributed by atoms with Gasteiger partial charge in [-0.25, -0.2) is 0 Å². The lowest BCUT2D eigenvalue weighted by molar-refractivity contribution is -0.192. The van der Waals surface area contributed by atoms with Crippen LogP contribution in [0.5, 0.6) is 0 Å². The normalized spacial score (nSPS) is 29.1. The molecule has 0 radical (unpaired) electrons. The van der Waals surface area contributed by atoms with Crippen LogP contribution in [-0.2, 0) is 9.53 Å². The monoisotopic (exact) mass is 330 g/mol. The maximum atomic E-state index is 13.0. The van der Waals surface area contributed by atoms with Crippen LogP contribution in [-0.4, -0.2) is 54.9 Å². The molecule has 0 bridgehead atoms. The second kappa shape index (κ2) is 6.71. The molecule has 0 aromatic heterocycles. The quantitative estimate of drug-likeness (QED) is 0.842. The Bertz CT molecular complexity index is 371. The second-order valence-electron chi connectivity index (χ2n) is 5.98. The zero-order valence-corrected chi connectivity index (χ0v) is 13.0. The number of carbonyl (C=O) groups is 1. The van der Waals surface area contributed by atoms with Crippen molar-refractivity contribution in [1.29, 1.82) is 0 Å². The number of nitrogens with one attached hydrogen (secondary N) is 1. The van der Waals surface area contributed by atoms with E-state index < -0.39 is 17.6 Å². The summed E-state index contributed by atoms with van der Waals surface area (Å²) in [4.78, 5) is 13.6. The molecule has 2 aliphatic heterocycles. The highest BCUT2D eigenvalue weighted by atomic mass is 35.5. The lowest BCUT2D eigenvalue weighted by atomic mass is 9.87. The fraction of sp³-hybridized carbons (Fsp3) is 0.923. The number of hydrogen-bond donors (Lipinski definition) is 1. The van der Waals surface area contributed by atoms with Gasteiger partial charge in [0.1, 0.15) is 0 Å². The van der Waals surface area contributed by atoms with Gasteiger partial charge >= 0.3 is 6.18 Å². The summed E-state index contributed by atoms with van der Waals surface area (Å²) in [5.74, 6) is -1.71. The van der Waals surface area contributed by atoms with E-state index in [0.29, 0.717) is 13.2 Å². The number of morpholine rings is 1. The summed E-state index contributed by atoms with van der Waals surface area (Å²) in [5, 5.41) is 3.11. The van der Waals surface area contributed by atoms with E-state index in [0.717, 1.165) is 6.54 Å². The highest BCUT2D eigenvalue weighted by Crippen LogP contribution is 2.44. The number of carbonyl (C=O) groups excluding carboxylic acids is 1. The summed E-state index contributed by atoms with van der Waals surface area (Å²) in [6, 6.07) is 0. The van der Waals surface area contributed by atoms with Crippen molar-refractivity contribution in [3.05, 3.63) is 0 Å². The molecular weight excluding hydrogens is 309 g/mol. The molecule has 21 heavy (non-hydrogen) atoms. The van der Waals surface area contributed by atoms with Crippen LogP contribution in [0.15, 0.2) is 0 Å². The predicted octanol–water partition coefficient (Wildman–Crippen LogP) is 1.98. The van der Waals surface area contributed by atoms with Crippen molar-refractivity contribution >= 4 is 18.3 Å². The first kappa shape index (κ1) is 18.5. The Hall–Kier alpha value is -0.530. The molecule has 0 aromatic rings. The molecule has 1 N–H and O–H groups in total. The van der Waals surface area contributed by atoms with Gasteiger partial charge in [0.2, 0.25) is 5.91 Å². The largest absolute Gasteiger partial charge is 0.394 e. The van der Waals surface area contributed by atoms with Crippen LogP contribution < -0.4 is 5.32 Å². The van der Waals surface area contributed by atoms with Crippen LogP contribution in [0.25, 0.3) is 0 Å². The molecule has 8 heteroatoms. The third-order valence-electron chi connectivity index (χ3n) is 4.29. The van der Waals surface area contributed by atoms with Crippen LogP contribution in [0, 0.1) is 5.92 Å². The third kappa shape index (κ3) is 4.02. The molecule has 4 nitrogen and oxygen atoms in total. The molecule has 2 fully saturated rings. The molecule has 2 saturated heterocycles. The smallest absolute Gasteiger partial charge is 0.375 e. The van der Waals surface area contributed by atoms with E-state index in [4.69, 9.17) is 4.74 Å². The van der Waals surface area contributed by atoms with Gasteiger partial charge in [-0.1, -0.05) is 0 Å². The number of rotatable bonds is 2. The van der Waals surface area contributed by atoms with Gasteiger partial charge in [0.15, 0.2) is 0 Å². The molecule has 2 rings (SSSR count). The van der Waals surface area contributed by atoms with E-state index in [9.17, 15) is 18.0 Å². The summed E-state index contributed by atoms with van der Waals surface area (Å²) in [6.07, 6.45) is -4.38. The lowest BCUT2D eigenvalue weighted by Gasteiger charge is -2.37. The van der Waals surface area contributed by atoms with Crippen LogP contribution in [0.3, 0.4) is 0 Å². The van der Waals surface area contributed by atoms with Gasteiger partial charge in [-0.15, -0.1) is 12.4 Å². The van der Waals surface area contributed by atoms with Crippen LogP contribution in [0.1, 0.15) is 26.7 Å². The zero-order valence-electron chi connectivity index (χ0n) is 12.2. The van der Waals surface area contributed by atoms with Crippen molar-refractivity contribution in [3.63, 3.8) is 0 Å². The molecule has 2 unspecified atom stereocenters. The summed E-state index contributed by atoms with van der Waals surface area (Å²) in [7, 11) is 0. The Morgan fingerprint density at radius 3 is 2.57 bits per heavy atom. The van der Waals surface area contributed by atoms with Crippen molar-refractivity contribution in [1.82, 2.24) is 10.2 Å². The van der Waals surface area contributed by atoms with E-state index in [-0.39, 0.29) is 43.8 Å². The first-order chi connectivity index (χ1) is 9.23. The van der Waals surface area contributed by atoms with Crippen molar-refractivity contribution in [2.75, 3.05) is 26.2 Å². The topological polar surface area (TPSA) is 41.6 Å². The average molecular weight is 331 g/mol. The number of halogens is 4. The molecule has 2 atom stereocenters. The van der Waals surface area contributed by atoms with Crippen LogP contribution in [0.4, 0.5) is 13.2 Å². The van der Waals surface area contributed by atoms with Gasteiger partial charge in [-0.2, -0.15) is 13.2 Å². The number of hydrogen-bond acceptors (Lipinski definition) is 3. The minimum atomic E-state index is -4.26. The van der Waals surface area contributed by atoms with E-state index >= 15 is 0 Å². The van der Waals surface area contributed by atoms with E-state index in [1.807, 2.05) is 0 Å². The highest BCUT2D eigenvalue weighted by molar-refractivity contribution is 5.85. The Kier molecular flexibility index (Phi) is 5.91. The number of nitrogens with zero attached hydrogens (tertiary/aromatic N) is 1. The fourth-order valence-electron chi connectivity index (χ4n) is 3.15. The van der Waals surface area contributed by atoms with Crippen LogP contribution >= 0.6 is 12.4 Å².